The number of rotatable bonds is 11. The van der Waals surface area contributed by atoms with Crippen LogP contribution in [-0.2, 0) is 9.59 Å². The molecule has 0 atom stereocenters. The van der Waals surface area contributed by atoms with Crippen molar-refractivity contribution in [3.05, 3.63) is 80.9 Å². The van der Waals surface area contributed by atoms with Gasteiger partial charge in [0, 0.05) is 17.2 Å². The van der Waals surface area contributed by atoms with Crippen LogP contribution in [0.15, 0.2) is 65.8 Å². The van der Waals surface area contributed by atoms with Gasteiger partial charge in [-0.1, -0.05) is 29.8 Å². The summed E-state index contributed by atoms with van der Waals surface area (Å²) < 4.78 is 18.0. The second-order valence-electron chi connectivity index (χ2n) is 8.46. The van der Waals surface area contributed by atoms with Crippen LogP contribution in [0.3, 0.4) is 0 Å². The molecule has 1 aliphatic heterocycles. The molecule has 0 aliphatic carbocycles. The first-order chi connectivity index (χ1) is 18.9. The predicted octanol–water partition coefficient (Wildman–Crippen LogP) is 5.63. The number of carbonyl (C=O) groups is 2. The van der Waals surface area contributed by atoms with Crippen LogP contribution in [0.1, 0.15) is 21.3 Å². The number of carbonyl (C=O) groups excluding carboxylic acids is 2. The summed E-state index contributed by atoms with van der Waals surface area (Å²) in [5, 5.41) is 6.82. The van der Waals surface area contributed by atoms with Gasteiger partial charge in [-0.3, -0.25) is 9.59 Å². The van der Waals surface area contributed by atoms with Crippen molar-refractivity contribution in [2.24, 2.45) is 5.10 Å². The van der Waals surface area contributed by atoms with Crippen molar-refractivity contribution in [2.45, 2.75) is 11.5 Å². The zero-order chi connectivity index (χ0) is 27.6. The minimum atomic E-state index is -0.376. The highest BCUT2D eigenvalue weighted by atomic mass is 127. The van der Waals surface area contributed by atoms with Gasteiger partial charge < -0.3 is 19.5 Å². The standard InChI is InChI=1S/C28H28IN3O5S2/c1-18-3-7-21(8-4-18)31-25(33)16-37-27-23(29)13-19(14-24(27)35-2)15-30-32-26(34)17-36-22-9-5-20(6-10-22)28-38-11-12-39-28/h3-10,13-15,28H,11-12,16-17H2,1-2H3,(H,31,33)(H,32,34)/b30-15-. The molecule has 3 aromatic rings. The molecule has 3 aromatic carbocycles. The Balaban J connectivity index is 1.25. The molecule has 8 nitrogen and oxygen atoms in total. The maximum Gasteiger partial charge on any atom is 0.277 e. The molecular weight excluding hydrogens is 649 g/mol. The lowest BCUT2D eigenvalue weighted by Crippen LogP contribution is -2.24. The van der Waals surface area contributed by atoms with Gasteiger partial charge in [0.05, 0.1) is 21.5 Å². The van der Waals surface area contributed by atoms with Crippen LogP contribution in [0.2, 0.25) is 0 Å². The molecule has 39 heavy (non-hydrogen) atoms. The first kappa shape index (κ1) is 29.1. The van der Waals surface area contributed by atoms with Crippen molar-refractivity contribution in [2.75, 3.05) is 37.1 Å². The van der Waals surface area contributed by atoms with Crippen LogP contribution in [0.5, 0.6) is 17.2 Å². The number of benzene rings is 3. The van der Waals surface area contributed by atoms with Crippen molar-refractivity contribution in [3.8, 4) is 17.2 Å². The lowest BCUT2D eigenvalue weighted by atomic mass is 10.2. The van der Waals surface area contributed by atoms with E-state index < -0.39 is 0 Å². The largest absolute Gasteiger partial charge is 0.493 e. The maximum absolute atomic E-state index is 12.3. The summed E-state index contributed by atoms with van der Waals surface area (Å²) in [7, 11) is 1.52. The summed E-state index contributed by atoms with van der Waals surface area (Å²) >= 11 is 5.99. The first-order valence-corrected chi connectivity index (χ1v) is 15.2. The third-order valence-corrected chi connectivity index (χ3v) is 9.39. The minimum Gasteiger partial charge on any atom is -0.493 e. The van der Waals surface area contributed by atoms with Gasteiger partial charge in [-0.2, -0.15) is 5.10 Å². The maximum atomic E-state index is 12.3. The lowest BCUT2D eigenvalue weighted by molar-refractivity contribution is -0.123. The number of nitrogens with zero attached hydrogens (tertiary/aromatic N) is 1. The fraction of sp³-hybridized carbons (Fsp3) is 0.250. The Morgan fingerprint density at radius 3 is 2.38 bits per heavy atom. The van der Waals surface area contributed by atoms with E-state index >= 15 is 0 Å². The highest BCUT2D eigenvalue weighted by Crippen LogP contribution is 2.45. The lowest BCUT2D eigenvalue weighted by Gasteiger charge is -2.13. The summed E-state index contributed by atoms with van der Waals surface area (Å²) in [6, 6.07) is 18.9. The van der Waals surface area contributed by atoms with Crippen molar-refractivity contribution < 1.29 is 23.8 Å². The predicted molar refractivity (Wildman–Crippen MR) is 166 cm³/mol. The molecule has 0 bridgehead atoms. The van der Waals surface area contributed by atoms with Gasteiger partial charge in [-0.05, 0) is 77.0 Å². The number of hydrazone groups is 1. The van der Waals surface area contributed by atoms with Crippen molar-refractivity contribution >= 4 is 69.8 Å². The number of anilines is 1. The highest BCUT2D eigenvalue weighted by Gasteiger charge is 2.18. The number of hydrogen-bond acceptors (Lipinski definition) is 8. The highest BCUT2D eigenvalue weighted by molar-refractivity contribution is 14.1. The fourth-order valence-corrected chi connectivity index (χ4v) is 7.20. The quantitative estimate of drug-likeness (QED) is 0.154. The smallest absolute Gasteiger partial charge is 0.277 e. The second kappa shape index (κ2) is 14.5. The average molecular weight is 678 g/mol. The van der Waals surface area contributed by atoms with Crippen LogP contribution < -0.4 is 25.0 Å². The van der Waals surface area contributed by atoms with Gasteiger partial charge in [0.25, 0.3) is 11.8 Å². The number of aryl methyl sites for hydroxylation is 1. The van der Waals surface area contributed by atoms with E-state index in [9.17, 15) is 9.59 Å². The van der Waals surface area contributed by atoms with E-state index in [2.05, 4.69) is 38.4 Å². The molecule has 1 fully saturated rings. The third kappa shape index (κ3) is 8.80. The summed E-state index contributed by atoms with van der Waals surface area (Å²) in [5.41, 5.74) is 6.22. The van der Waals surface area contributed by atoms with Crippen LogP contribution in [0, 0.1) is 10.5 Å². The van der Waals surface area contributed by atoms with E-state index in [0.717, 1.165) is 9.13 Å². The first-order valence-electron chi connectivity index (χ1n) is 12.1. The molecule has 1 heterocycles. The van der Waals surface area contributed by atoms with E-state index in [1.54, 1.807) is 6.07 Å². The van der Waals surface area contributed by atoms with Crippen LogP contribution in [0.25, 0.3) is 0 Å². The van der Waals surface area contributed by atoms with Crippen molar-refractivity contribution in [3.63, 3.8) is 0 Å². The normalized spacial score (nSPS) is 13.3. The number of hydrogen-bond donors (Lipinski definition) is 2. The summed E-state index contributed by atoms with van der Waals surface area (Å²) in [4.78, 5) is 24.5. The van der Waals surface area contributed by atoms with Crippen molar-refractivity contribution in [1.82, 2.24) is 5.43 Å². The monoisotopic (exact) mass is 677 g/mol. The van der Waals surface area contributed by atoms with E-state index in [-0.39, 0.29) is 25.0 Å². The molecule has 2 N–H and O–H groups in total. The number of thioether (sulfide) groups is 2. The zero-order valence-electron chi connectivity index (χ0n) is 21.4. The SMILES string of the molecule is COc1cc(/C=N\NC(=O)COc2ccc(C3SCCS3)cc2)cc(I)c1OCC(=O)Nc1ccc(C)cc1. The van der Waals surface area contributed by atoms with Gasteiger partial charge in [0.2, 0.25) is 0 Å². The van der Waals surface area contributed by atoms with Gasteiger partial charge >= 0.3 is 0 Å². The molecule has 1 saturated heterocycles. The van der Waals surface area contributed by atoms with Crippen LogP contribution >= 0.6 is 46.1 Å². The van der Waals surface area contributed by atoms with Crippen LogP contribution in [-0.4, -0.2) is 49.9 Å². The molecule has 4 rings (SSSR count). The number of ether oxygens (including phenoxy) is 3. The Hall–Kier alpha value is -2.90. The van der Waals surface area contributed by atoms with Gasteiger partial charge in [-0.15, -0.1) is 23.5 Å². The Kier molecular flexibility index (Phi) is 10.8. The van der Waals surface area contributed by atoms with E-state index in [0.29, 0.717) is 33.1 Å². The molecule has 204 valence electrons. The average Bonchev–Trinajstić information content (AvgIpc) is 3.48. The van der Waals surface area contributed by atoms with Crippen LogP contribution in [0.4, 0.5) is 5.69 Å². The molecule has 0 unspecified atom stereocenters. The fourth-order valence-electron chi connectivity index (χ4n) is 3.56. The molecule has 1 aliphatic rings. The molecule has 11 heteroatoms. The Labute approximate surface area is 249 Å². The third-order valence-electron chi connectivity index (χ3n) is 5.48. The van der Waals surface area contributed by atoms with E-state index in [1.165, 1.54) is 30.4 Å². The molecular formula is C28H28IN3O5S2. The van der Waals surface area contributed by atoms with Gasteiger partial charge in [-0.25, -0.2) is 5.43 Å². The Morgan fingerprint density at radius 1 is 1.00 bits per heavy atom. The second-order valence-corrected chi connectivity index (χ2v) is 12.3. The van der Waals surface area contributed by atoms with Gasteiger partial charge in [0.1, 0.15) is 5.75 Å². The number of nitrogens with one attached hydrogen (secondary N) is 2. The zero-order valence-corrected chi connectivity index (χ0v) is 25.2. The number of halogens is 1. The number of methoxy groups -OCH3 is 1. The minimum absolute atomic E-state index is 0.151. The van der Waals surface area contributed by atoms with Gasteiger partial charge in [0.15, 0.2) is 24.7 Å². The Bertz CT molecular complexity index is 1310. The van der Waals surface area contributed by atoms with E-state index in [1.807, 2.05) is 85.0 Å². The molecule has 0 radical (unpaired) electrons. The summed E-state index contributed by atoms with van der Waals surface area (Å²) in [5.74, 6) is 3.21. The number of amides is 2. The van der Waals surface area contributed by atoms with E-state index in [4.69, 9.17) is 14.2 Å². The molecule has 2 amide bonds. The Morgan fingerprint density at radius 2 is 1.69 bits per heavy atom. The topological polar surface area (TPSA) is 98.2 Å². The van der Waals surface area contributed by atoms with Crippen molar-refractivity contribution in [1.29, 1.82) is 0 Å². The molecule has 0 spiro atoms. The summed E-state index contributed by atoms with van der Waals surface area (Å²) in [6.45, 7) is 1.66. The molecule has 0 aromatic heterocycles. The molecule has 0 saturated carbocycles. The summed E-state index contributed by atoms with van der Waals surface area (Å²) in [6.07, 6.45) is 1.50.